The lowest BCUT2D eigenvalue weighted by Crippen LogP contribution is -2.42. The van der Waals surface area contributed by atoms with Crippen molar-refractivity contribution in [3.8, 4) is 0 Å². The second-order valence-electron chi connectivity index (χ2n) is 5.18. The topological polar surface area (TPSA) is 76.3 Å². The van der Waals surface area contributed by atoms with Crippen LogP contribution in [0.4, 0.5) is 5.69 Å². The van der Waals surface area contributed by atoms with Gasteiger partial charge in [0.05, 0.1) is 5.69 Å². The Morgan fingerprint density at radius 1 is 1.33 bits per heavy atom. The van der Waals surface area contributed by atoms with Crippen LogP contribution in [0.25, 0.3) is 0 Å². The number of nitrogen functional groups attached to an aromatic ring is 1. The average molecular weight is 269 g/mol. The van der Waals surface area contributed by atoms with Crippen molar-refractivity contribution >= 4 is 15.7 Å². The van der Waals surface area contributed by atoms with E-state index in [1.165, 1.54) is 22.8 Å². The number of pyridine rings is 1. The predicted octanol–water partition coefficient (Wildman–Crippen LogP) is 1.33. The highest BCUT2D eigenvalue weighted by molar-refractivity contribution is 7.89. The maximum absolute atomic E-state index is 12.5. The molecule has 1 aromatic rings. The number of nitrogens with zero attached hydrogens (tertiary/aromatic N) is 2. The fourth-order valence-corrected chi connectivity index (χ4v) is 4.29. The summed E-state index contributed by atoms with van der Waals surface area (Å²) in [7, 11) is -3.51. The van der Waals surface area contributed by atoms with Crippen LogP contribution in [-0.2, 0) is 10.0 Å². The molecule has 6 heteroatoms. The van der Waals surface area contributed by atoms with E-state index < -0.39 is 10.0 Å². The first-order valence-electron chi connectivity index (χ1n) is 6.11. The summed E-state index contributed by atoms with van der Waals surface area (Å²) in [6.07, 6.45) is 3.89. The third-order valence-electron chi connectivity index (χ3n) is 3.27. The van der Waals surface area contributed by atoms with E-state index in [0.29, 0.717) is 24.9 Å². The Hall–Kier alpha value is -1.14. The number of piperidine rings is 1. The van der Waals surface area contributed by atoms with Crippen molar-refractivity contribution in [1.82, 2.24) is 9.29 Å². The molecule has 2 N–H and O–H groups in total. The molecule has 0 saturated carbocycles. The van der Waals surface area contributed by atoms with Crippen LogP contribution in [0.3, 0.4) is 0 Å². The summed E-state index contributed by atoms with van der Waals surface area (Å²) in [5.74, 6) is 0.753. The second-order valence-corrected chi connectivity index (χ2v) is 7.09. The van der Waals surface area contributed by atoms with Crippen molar-refractivity contribution < 1.29 is 8.42 Å². The normalized spacial score (nSPS) is 26.1. The van der Waals surface area contributed by atoms with Crippen molar-refractivity contribution in [3.63, 3.8) is 0 Å². The molecule has 0 amide bonds. The van der Waals surface area contributed by atoms with Crippen molar-refractivity contribution in [2.45, 2.75) is 25.2 Å². The van der Waals surface area contributed by atoms with Crippen LogP contribution in [0.2, 0.25) is 0 Å². The molecule has 2 heterocycles. The molecule has 2 atom stereocenters. The number of hydrogen-bond acceptors (Lipinski definition) is 4. The van der Waals surface area contributed by atoms with Gasteiger partial charge in [0, 0.05) is 25.5 Å². The van der Waals surface area contributed by atoms with E-state index in [0.717, 1.165) is 6.42 Å². The Kier molecular flexibility index (Phi) is 3.59. The summed E-state index contributed by atoms with van der Waals surface area (Å²) in [4.78, 5) is 3.98. The van der Waals surface area contributed by atoms with Crippen LogP contribution in [0.15, 0.2) is 23.4 Å². The monoisotopic (exact) mass is 269 g/mol. The third-order valence-corrected chi connectivity index (χ3v) is 5.14. The van der Waals surface area contributed by atoms with Crippen LogP contribution in [0, 0.1) is 11.8 Å². The summed E-state index contributed by atoms with van der Waals surface area (Å²) >= 11 is 0. The summed E-state index contributed by atoms with van der Waals surface area (Å²) in [5.41, 5.74) is 6.00. The van der Waals surface area contributed by atoms with Crippen molar-refractivity contribution in [1.29, 1.82) is 0 Å². The van der Waals surface area contributed by atoms with Crippen LogP contribution >= 0.6 is 0 Å². The molecule has 1 fully saturated rings. The van der Waals surface area contributed by atoms with Gasteiger partial charge < -0.3 is 5.73 Å². The lowest BCUT2D eigenvalue weighted by molar-refractivity contribution is 0.222. The minimum absolute atomic E-state index is 0.117. The van der Waals surface area contributed by atoms with Crippen LogP contribution < -0.4 is 5.73 Å². The maximum Gasteiger partial charge on any atom is 0.246 e. The minimum Gasteiger partial charge on any atom is -0.398 e. The van der Waals surface area contributed by atoms with Gasteiger partial charge in [-0.05, 0) is 24.3 Å². The molecule has 1 aliphatic rings. The number of anilines is 1. The molecule has 0 aromatic carbocycles. The zero-order chi connectivity index (χ0) is 13.3. The van der Waals surface area contributed by atoms with Gasteiger partial charge in [-0.1, -0.05) is 13.8 Å². The lowest BCUT2D eigenvalue weighted by Gasteiger charge is -2.34. The van der Waals surface area contributed by atoms with Crippen LogP contribution in [0.1, 0.15) is 20.3 Å². The van der Waals surface area contributed by atoms with Gasteiger partial charge in [0.25, 0.3) is 0 Å². The molecule has 5 nitrogen and oxygen atoms in total. The van der Waals surface area contributed by atoms with E-state index in [1.54, 1.807) is 0 Å². The zero-order valence-corrected chi connectivity index (χ0v) is 11.5. The molecule has 1 aliphatic heterocycles. The summed E-state index contributed by atoms with van der Waals surface area (Å²) < 4.78 is 26.5. The summed E-state index contributed by atoms with van der Waals surface area (Å²) in [6.45, 7) is 5.26. The number of nitrogens with two attached hydrogens (primary N) is 1. The molecule has 0 bridgehead atoms. The van der Waals surface area contributed by atoms with E-state index in [9.17, 15) is 8.42 Å². The maximum atomic E-state index is 12.5. The number of sulfonamides is 1. The molecule has 18 heavy (non-hydrogen) atoms. The van der Waals surface area contributed by atoms with E-state index in [4.69, 9.17) is 5.73 Å². The van der Waals surface area contributed by atoms with Crippen molar-refractivity contribution in [2.24, 2.45) is 11.8 Å². The molecular weight excluding hydrogens is 250 g/mol. The van der Waals surface area contributed by atoms with Gasteiger partial charge in [-0.25, -0.2) is 8.42 Å². The SMILES string of the molecule is CC1CC(C)CN(S(=O)(=O)c2cnccc2N)C1. The first-order valence-corrected chi connectivity index (χ1v) is 7.55. The van der Waals surface area contributed by atoms with Gasteiger partial charge in [0.1, 0.15) is 4.90 Å². The van der Waals surface area contributed by atoms with E-state index in [-0.39, 0.29) is 10.6 Å². The van der Waals surface area contributed by atoms with Gasteiger partial charge in [0.2, 0.25) is 10.0 Å². The molecule has 100 valence electrons. The largest absolute Gasteiger partial charge is 0.398 e. The molecule has 1 saturated heterocycles. The van der Waals surface area contributed by atoms with E-state index in [1.807, 2.05) is 0 Å². The van der Waals surface area contributed by atoms with Crippen LogP contribution in [0.5, 0.6) is 0 Å². The fourth-order valence-electron chi connectivity index (χ4n) is 2.55. The second kappa shape index (κ2) is 4.85. The molecule has 1 aromatic heterocycles. The highest BCUT2D eigenvalue weighted by Crippen LogP contribution is 2.28. The number of hydrogen-bond donors (Lipinski definition) is 1. The Bertz CT molecular complexity index is 520. The van der Waals surface area contributed by atoms with E-state index in [2.05, 4.69) is 18.8 Å². The van der Waals surface area contributed by atoms with Gasteiger partial charge >= 0.3 is 0 Å². The Morgan fingerprint density at radius 2 is 1.94 bits per heavy atom. The Labute approximate surface area is 108 Å². The Balaban J connectivity index is 2.34. The standard InChI is InChI=1S/C12H19N3O2S/c1-9-5-10(2)8-15(7-9)18(16,17)12-6-14-4-3-11(12)13/h3-4,6,9-10H,5,7-8H2,1-2H3,(H2,13,14). The molecular formula is C12H19N3O2S. The first kappa shape index (κ1) is 13.3. The molecule has 0 radical (unpaired) electrons. The van der Waals surface area contributed by atoms with Gasteiger partial charge in [-0.2, -0.15) is 4.31 Å². The highest BCUT2D eigenvalue weighted by atomic mass is 32.2. The number of rotatable bonds is 2. The average Bonchev–Trinajstić information content (AvgIpc) is 2.28. The molecule has 0 aliphatic carbocycles. The van der Waals surface area contributed by atoms with Crippen molar-refractivity contribution in [3.05, 3.63) is 18.5 Å². The van der Waals surface area contributed by atoms with Gasteiger partial charge in [-0.3, -0.25) is 4.98 Å². The van der Waals surface area contributed by atoms with Gasteiger partial charge in [-0.15, -0.1) is 0 Å². The lowest BCUT2D eigenvalue weighted by atomic mass is 9.94. The fraction of sp³-hybridized carbons (Fsp3) is 0.583. The van der Waals surface area contributed by atoms with Crippen LogP contribution in [-0.4, -0.2) is 30.8 Å². The van der Waals surface area contributed by atoms with E-state index >= 15 is 0 Å². The molecule has 0 spiro atoms. The summed E-state index contributed by atoms with van der Waals surface area (Å²) in [5, 5.41) is 0. The quantitative estimate of drug-likeness (QED) is 0.878. The Morgan fingerprint density at radius 3 is 2.50 bits per heavy atom. The molecule has 2 unspecified atom stereocenters. The third kappa shape index (κ3) is 2.49. The van der Waals surface area contributed by atoms with Gasteiger partial charge in [0.15, 0.2) is 0 Å². The van der Waals surface area contributed by atoms with Crippen molar-refractivity contribution in [2.75, 3.05) is 18.8 Å². The first-order chi connectivity index (χ1) is 8.41. The summed E-state index contributed by atoms with van der Waals surface area (Å²) in [6, 6.07) is 1.52. The highest BCUT2D eigenvalue weighted by Gasteiger charge is 2.32. The minimum atomic E-state index is -3.51. The molecule has 2 rings (SSSR count). The zero-order valence-electron chi connectivity index (χ0n) is 10.7. The number of aromatic nitrogens is 1. The predicted molar refractivity (Wildman–Crippen MR) is 70.4 cm³/mol. The smallest absolute Gasteiger partial charge is 0.246 e.